The number of para-hydroxylation sites is 1. The van der Waals surface area contributed by atoms with Gasteiger partial charge in [-0.15, -0.1) is 0 Å². The Balaban J connectivity index is 1.82. The van der Waals surface area contributed by atoms with Crippen molar-refractivity contribution in [2.24, 2.45) is 0 Å². The molecular weight excluding hydrogens is 344 g/mol. The molecule has 0 aliphatic heterocycles. The van der Waals surface area contributed by atoms with Gasteiger partial charge < -0.3 is 10.1 Å². The number of carbonyl (C=O) groups excluding carboxylic acids is 1. The van der Waals surface area contributed by atoms with E-state index in [0.717, 1.165) is 18.6 Å². The summed E-state index contributed by atoms with van der Waals surface area (Å²) in [5.41, 5.74) is 1.57. The number of benzene rings is 2. The van der Waals surface area contributed by atoms with E-state index >= 15 is 0 Å². The van der Waals surface area contributed by atoms with Crippen molar-refractivity contribution in [2.45, 2.75) is 52.2 Å². The number of nitro groups is 1. The molecule has 0 aliphatic rings. The molecule has 144 valence electrons. The van der Waals surface area contributed by atoms with Crippen molar-refractivity contribution < 1.29 is 14.5 Å². The minimum absolute atomic E-state index is 0.00271. The highest BCUT2D eigenvalue weighted by Gasteiger charge is 2.16. The first-order chi connectivity index (χ1) is 12.8. The number of nitro benzene ring substituents is 1. The minimum atomic E-state index is -0.460. The van der Waals surface area contributed by atoms with Gasteiger partial charge in [0.25, 0.3) is 5.69 Å². The highest BCUT2D eigenvalue weighted by molar-refractivity contribution is 5.80. The lowest BCUT2D eigenvalue weighted by molar-refractivity contribution is -0.385. The quantitative estimate of drug-likeness (QED) is 0.533. The first-order valence-corrected chi connectivity index (χ1v) is 9.12. The summed E-state index contributed by atoms with van der Waals surface area (Å²) in [5, 5.41) is 13.9. The molecule has 0 fully saturated rings. The van der Waals surface area contributed by atoms with Gasteiger partial charge in [-0.2, -0.15) is 0 Å². The number of nitrogens with one attached hydrogen (secondary N) is 1. The first kappa shape index (κ1) is 20.4. The van der Waals surface area contributed by atoms with Crippen LogP contribution in [0.4, 0.5) is 5.69 Å². The highest BCUT2D eigenvalue weighted by atomic mass is 16.6. The zero-order valence-corrected chi connectivity index (χ0v) is 16.0. The third-order valence-corrected chi connectivity index (χ3v) is 4.11. The molecule has 0 heterocycles. The summed E-state index contributed by atoms with van der Waals surface area (Å²) in [5.74, 6) is 0.636. The maximum Gasteiger partial charge on any atom is 0.273 e. The van der Waals surface area contributed by atoms with Gasteiger partial charge in [0.15, 0.2) is 0 Å². The summed E-state index contributed by atoms with van der Waals surface area (Å²) in [6, 6.07) is 14.3. The molecule has 0 spiro atoms. The Bertz CT molecular complexity index is 772. The van der Waals surface area contributed by atoms with Crippen LogP contribution in [-0.2, 0) is 17.6 Å². The van der Waals surface area contributed by atoms with Gasteiger partial charge in [0.2, 0.25) is 5.91 Å². The van der Waals surface area contributed by atoms with E-state index in [0.29, 0.717) is 5.56 Å². The van der Waals surface area contributed by atoms with Crippen molar-refractivity contribution in [3.05, 3.63) is 69.8 Å². The van der Waals surface area contributed by atoms with Gasteiger partial charge in [0.1, 0.15) is 5.75 Å². The molecule has 1 unspecified atom stereocenters. The lowest BCUT2D eigenvalue weighted by Crippen LogP contribution is -2.34. The zero-order valence-electron chi connectivity index (χ0n) is 16.0. The number of amides is 1. The monoisotopic (exact) mass is 370 g/mol. The smallest absolute Gasteiger partial charge is 0.273 e. The lowest BCUT2D eigenvalue weighted by atomic mass is 10.1. The predicted molar refractivity (Wildman–Crippen MR) is 105 cm³/mol. The summed E-state index contributed by atoms with van der Waals surface area (Å²) >= 11 is 0. The third-order valence-electron chi connectivity index (χ3n) is 4.11. The molecule has 6 heteroatoms. The molecule has 0 radical (unpaired) electrons. The molecule has 2 aromatic rings. The number of aryl methyl sites for hydroxylation is 1. The Morgan fingerprint density at radius 1 is 1.11 bits per heavy atom. The van der Waals surface area contributed by atoms with Crippen LogP contribution in [0.25, 0.3) is 0 Å². The van der Waals surface area contributed by atoms with Crippen LogP contribution in [0.3, 0.4) is 0 Å². The second kappa shape index (κ2) is 9.71. The van der Waals surface area contributed by atoms with Crippen molar-refractivity contribution in [1.82, 2.24) is 5.32 Å². The second-order valence-electron chi connectivity index (χ2n) is 6.88. The van der Waals surface area contributed by atoms with E-state index in [-0.39, 0.29) is 30.2 Å². The number of hydrogen-bond acceptors (Lipinski definition) is 4. The number of ether oxygens (including phenoxy) is 1. The van der Waals surface area contributed by atoms with Crippen LogP contribution in [0.1, 0.15) is 38.3 Å². The molecule has 0 aromatic heterocycles. The molecule has 1 N–H and O–H groups in total. The predicted octanol–water partition coefficient (Wildman–Crippen LogP) is 4.06. The highest BCUT2D eigenvalue weighted by Crippen LogP contribution is 2.18. The van der Waals surface area contributed by atoms with Crippen molar-refractivity contribution in [3.63, 3.8) is 0 Å². The second-order valence-corrected chi connectivity index (χ2v) is 6.88. The van der Waals surface area contributed by atoms with Gasteiger partial charge in [-0.1, -0.05) is 30.3 Å². The van der Waals surface area contributed by atoms with Crippen LogP contribution < -0.4 is 10.1 Å². The Morgan fingerprint density at radius 2 is 1.78 bits per heavy atom. The van der Waals surface area contributed by atoms with Crippen LogP contribution in [0.5, 0.6) is 5.75 Å². The van der Waals surface area contributed by atoms with E-state index in [1.54, 1.807) is 18.2 Å². The van der Waals surface area contributed by atoms with Crippen LogP contribution in [0, 0.1) is 10.1 Å². The topological polar surface area (TPSA) is 81.5 Å². The van der Waals surface area contributed by atoms with Gasteiger partial charge in [0.05, 0.1) is 17.4 Å². The molecule has 2 rings (SSSR count). The molecule has 6 nitrogen and oxygen atoms in total. The largest absolute Gasteiger partial charge is 0.491 e. The molecule has 0 aliphatic carbocycles. The van der Waals surface area contributed by atoms with E-state index in [1.807, 2.05) is 45.0 Å². The normalized spacial score (nSPS) is 11.9. The van der Waals surface area contributed by atoms with Gasteiger partial charge in [-0.25, -0.2) is 0 Å². The van der Waals surface area contributed by atoms with Gasteiger partial charge in [-0.3, -0.25) is 14.9 Å². The first-order valence-electron chi connectivity index (χ1n) is 9.12. The van der Waals surface area contributed by atoms with Crippen molar-refractivity contribution >= 4 is 11.6 Å². The summed E-state index contributed by atoms with van der Waals surface area (Å²) < 4.78 is 5.63. The maximum atomic E-state index is 12.2. The minimum Gasteiger partial charge on any atom is -0.491 e. The summed E-state index contributed by atoms with van der Waals surface area (Å²) in [4.78, 5) is 22.8. The average Bonchev–Trinajstić information content (AvgIpc) is 2.61. The number of rotatable bonds is 9. The summed E-state index contributed by atoms with van der Waals surface area (Å²) in [6.45, 7) is 5.91. The van der Waals surface area contributed by atoms with Crippen LogP contribution in [0.2, 0.25) is 0 Å². The molecule has 1 atom stereocenters. The standard InChI is InChI=1S/C21H26N2O4/c1-15(2)27-19-12-10-17(11-13-19)9-8-16(3)22-21(24)14-18-6-4-5-7-20(18)23(25)26/h4-7,10-13,15-16H,8-9,14H2,1-3H3,(H,22,24). The van der Waals surface area contributed by atoms with Crippen LogP contribution >= 0.6 is 0 Å². The van der Waals surface area contributed by atoms with Gasteiger partial charge in [-0.05, 0) is 51.3 Å². The Morgan fingerprint density at radius 3 is 2.41 bits per heavy atom. The summed E-state index contributed by atoms with van der Waals surface area (Å²) in [7, 11) is 0. The Labute approximate surface area is 159 Å². The van der Waals surface area contributed by atoms with Crippen LogP contribution in [-0.4, -0.2) is 23.0 Å². The lowest BCUT2D eigenvalue weighted by Gasteiger charge is -2.14. The molecule has 0 saturated carbocycles. The SMILES string of the molecule is CC(CCc1ccc(OC(C)C)cc1)NC(=O)Cc1ccccc1[N+](=O)[O-]. The third kappa shape index (κ3) is 6.73. The number of nitrogens with zero attached hydrogens (tertiary/aromatic N) is 1. The van der Waals surface area contributed by atoms with E-state index in [9.17, 15) is 14.9 Å². The summed E-state index contributed by atoms with van der Waals surface area (Å²) in [6.07, 6.45) is 1.76. The van der Waals surface area contributed by atoms with Crippen LogP contribution in [0.15, 0.2) is 48.5 Å². The Hall–Kier alpha value is -2.89. The number of carbonyl (C=O) groups is 1. The Kier molecular flexibility index (Phi) is 7.34. The fourth-order valence-electron chi connectivity index (χ4n) is 2.80. The van der Waals surface area contributed by atoms with Crippen molar-refractivity contribution in [1.29, 1.82) is 0 Å². The van der Waals surface area contributed by atoms with E-state index < -0.39 is 4.92 Å². The van der Waals surface area contributed by atoms with Gasteiger partial charge >= 0.3 is 0 Å². The van der Waals surface area contributed by atoms with Gasteiger partial charge in [0, 0.05) is 17.7 Å². The fourth-order valence-corrected chi connectivity index (χ4v) is 2.80. The maximum absolute atomic E-state index is 12.2. The fraction of sp³-hybridized carbons (Fsp3) is 0.381. The molecule has 1 amide bonds. The van der Waals surface area contributed by atoms with E-state index in [2.05, 4.69) is 5.32 Å². The number of hydrogen-bond donors (Lipinski definition) is 1. The zero-order chi connectivity index (χ0) is 19.8. The van der Waals surface area contributed by atoms with Crippen molar-refractivity contribution in [2.75, 3.05) is 0 Å². The molecular formula is C21H26N2O4. The molecule has 27 heavy (non-hydrogen) atoms. The van der Waals surface area contributed by atoms with E-state index in [1.165, 1.54) is 11.6 Å². The van der Waals surface area contributed by atoms with Crippen molar-refractivity contribution in [3.8, 4) is 5.75 Å². The molecule has 0 bridgehead atoms. The molecule has 0 saturated heterocycles. The van der Waals surface area contributed by atoms with E-state index in [4.69, 9.17) is 4.74 Å². The molecule has 2 aromatic carbocycles. The average molecular weight is 370 g/mol.